The molecule has 1 heterocycles. The number of rotatable bonds is 5. The van der Waals surface area contributed by atoms with E-state index < -0.39 is 5.82 Å². The second kappa shape index (κ2) is 7.63. The van der Waals surface area contributed by atoms with Gasteiger partial charge in [0.25, 0.3) is 5.22 Å². The highest BCUT2D eigenvalue weighted by atomic mass is 79.9. The molecule has 1 aromatic heterocycles. The Labute approximate surface area is 150 Å². The molecule has 0 fully saturated rings. The van der Waals surface area contributed by atoms with E-state index in [9.17, 15) is 9.18 Å². The minimum absolute atomic E-state index is 0.0762. The van der Waals surface area contributed by atoms with Gasteiger partial charge in [-0.1, -0.05) is 52.0 Å². The van der Waals surface area contributed by atoms with Crippen LogP contribution in [0, 0.1) is 5.82 Å². The third-order valence-corrected chi connectivity index (χ3v) is 4.40. The van der Waals surface area contributed by atoms with Gasteiger partial charge in [0.1, 0.15) is 5.82 Å². The number of hydrogen-bond donors (Lipinski definition) is 1. The lowest BCUT2D eigenvalue weighted by molar-refractivity contribution is -0.113. The molecule has 0 spiro atoms. The second-order valence-corrected chi connectivity index (χ2v) is 6.66. The second-order valence-electron chi connectivity index (χ2n) is 4.82. The molecule has 3 rings (SSSR count). The first-order valence-electron chi connectivity index (χ1n) is 7.01. The van der Waals surface area contributed by atoms with E-state index in [-0.39, 0.29) is 17.3 Å². The molecule has 2 aromatic carbocycles. The number of carbonyl (C=O) groups is 1. The standard InChI is InChI=1S/C17H12BrFN2O2S/c18-12-5-3-4-11(8-12)15-9-20-17(23-15)24-10-16(22)21-14-7-2-1-6-13(14)19/h1-9H,10H2,(H,21,22). The van der Waals surface area contributed by atoms with Crippen LogP contribution in [0.4, 0.5) is 10.1 Å². The normalized spacial score (nSPS) is 10.6. The largest absolute Gasteiger partial charge is 0.431 e. The molecule has 0 aliphatic rings. The van der Waals surface area contributed by atoms with Gasteiger partial charge in [-0.05, 0) is 24.3 Å². The van der Waals surface area contributed by atoms with Crippen LogP contribution in [0.3, 0.4) is 0 Å². The molecule has 122 valence electrons. The van der Waals surface area contributed by atoms with Crippen molar-refractivity contribution in [2.75, 3.05) is 11.1 Å². The van der Waals surface area contributed by atoms with Gasteiger partial charge in [-0.25, -0.2) is 9.37 Å². The van der Waals surface area contributed by atoms with Crippen LogP contribution >= 0.6 is 27.7 Å². The van der Waals surface area contributed by atoms with Crippen LogP contribution < -0.4 is 5.32 Å². The molecule has 0 unspecified atom stereocenters. The number of carbonyl (C=O) groups excluding carboxylic acids is 1. The van der Waals surface area contributed by atoms with E-state index in [1.165, 1.54) is 12.1 Å². The first kappa shape index (κ1) is 16.7. The topological polar surface area (TPSA) is 55.1 Å². The molecule has 0 aliphatic carbocycles. The average Bonchev–Trinajstić information content (AvgIpc) is 3.04. The van der Waals surface area contributed by atoms with Crippen molar-refractivity contribution in [1.82, 2.24) is 4.98 Å². The van der Waals surface area contributed by atoms with Gasteiger partial charge in [0.2, 0.25) is 5.91 Å². The fourth-order valence-corrected chi connectivity index (χ4v) is 2.98. The van der Waals surface area contributed by atoms with Gasteiger partial charge in [-0.2, -0.15) is 0 Å². The molecular weight excluding hydrogens is 395 g/mol. The number of nitrogens with one attached hydrogen (secondary N) is 1. The number of aromatic nitrogens is 1. The smallest absolute Gasteiger partial charge is 0.256 e. The molecule has 0 saturated carbocycles. The Bertz CT molecular complexity index is 869. The van der Waals surface area contributed by atoms with Gasteiger partial charge in [0.15, 0.2) is 5.76 Å². The molecule has 0 aliphatic heterocycles. The Morgan fingerprint density at radius 2 is 2.08 bits per heavy atom. The van der Waals surface area contributed by atoms with Gasteiger partial charge >= 0.3 is 0 Å². The zero-order chi connectivity index (χ0) is 16.9. The van der Waals surface area contributed by atoms with E-state index in [0.717, 1.165) is 21.8 Å². The highest BCUT2D eigenvalue weighted by molar-refractivity contribution is 9.10. The van der Waals surface area contributed by atoms with Crippen LogP contribution in [-0.4, -0.2) is 16.6 Å². The van der Waals surface area contributed by atoms with Gasteiger partial charge < -0.3 is 9.73 Å². The molecule has 1 N–H and O–H groups in total. The quantitative estimate of drug-likeness (QED) is 0.607. The van der Waals surface area contributed by atoms with Crippen molar-refractivity contribution in [3.63, 3.8) is 0 Å². The van der Waals surface area contributed by atoms with E-state index in [1.54, 1.807) is 18.3 Å². The Morgan fingerprint density at radius 1 is 1.25 bits per heavy atom. The SMILES string of the molecule is O=C(CSc1ncc(-c2cccc(Br)c2)o1)Nc1ccccc1F. The lowest BCUT2D eigenvalue weighted by atomic mass is 10.2. The number of hydrogen-bond acceptors (Lipinski definition) is 4. The Balaban J connectivity index is 1.59. The summed E-state index contributed by atoms with van der Waals surface area (Å²) in [6.45, 7) is 0. The molecule has 0 radical (unpaired) electrons. The predicted octanol–water partition coefficient (Wildman–Crippen LogP) is 4.97. The third-order valence-electron chi connectivity index (χ3n) is 3.07. The third kappa shape index (κ3) is 4.24. The Hall–Kier alpha value is -2.12. The predicted molar refractivity (Wildman–Crippen MR) is 95.4 cm³/mol. The molecular formula is C17H12BrFN2O2S. The minimum Gasteiger partial charge on any atom is -0.431 e. The zero-order valence-corrected chi connectivity index (χ0v) is 14.7. The molecule has 24 heavy (non-hydrogen) atoms. The van der Waals surface area contributed by atoms with Gasteiger partial charge in [-0.3, -0.25) is 4.79 Å². The lowest BCUT2D eigenvalue weighted by Gasteiger charge is -2.04. The number of halogens is 2. The van der Waals surface area contributed by atoms with Crippen molar-refractivity contribution in [3.8, 4) is 11.3 Å². The molecule has 0 bridgehead atoms. The summed E-state index contributed by atoms with van der Waals surface area (Å²) < 4.78 is 20.0. The summed E-state index contributed by atoms with van der Waals surface area (Å²) in [4.78, 5) is 16.0. The maximum Gasteiger partial charge on any atom is 0.256 e. The van der Waals surface area contributed by atoms with Gasteiger partial charge in [0.05, 0.1) is 17.6 Å². The minimum atomic E-state index is -0.469. The maximum atomic E-state index is 13.5. The van der Waals surface area contributed by atoms with E-state index >= 15 is 0 Å². The highest BCUT2D eigenvalue weighted by Crippen LogP contribution is 2.27. The van der Waals surface area contributed by atoms with Crippen molar-refractivity contribution in [3.05, 3.63) is 65.0 Å². The van der Waals surface area contributed by atoms with Crippen LogP contribution in [0.15, 0.2) is 68.8 Å². The first-order valence-corrected chi connectivity index (χ1v) is 8.78. The zero-order valence-electron chi connectivity index (χ0n) is 12.3. The Kier molecular flexibility index (Phi) is 5.32. The van der Waals surface area contributed by atoms with Crippen molar-refractivity contribution in [1.29, 1.82) is 0 Å². The summed E-state index contributed by atoms with van der Waals surface area (Å²) in [7, 11) is 0. The molecule has 1 amide bonds. The fourth-order valence-electron chi connectivity index (χ4n) is 1.98. The number of para-hydroxylation sites is 1. The molecule has 0 atom stereocenters. The van der Waals surface area contributed by atoms with E-state index in [0.29, 0.717) is 11.0 Å². The summed E-state index contributed by atoms with van der Waals surface area (Å²) in [5.41, 5.74) is 1.05. The number of amides is 1. The van der Waals surface area contributed by atoms with Crippen molar-refractivity contribution in [2.24, 2.45) is 0 Å². The van der Waals surface area contributed by atoms with Crippen LogP contribution in [-0.2, 0) is 4.79 Å². The first-order chi connectivity index (χ1) is 11.6. The van der Waals surface area contributed by atoms with Crippen molar-refractivity contribution in [2.45, 2.75) is 5.22 Å². The summed E-state index contributed by atoms with van der Waals surface area (Å²) in [6, 6.07) is 13.7. The molecule has 3 aromatic rings. The number of benzene rings is 2. The number of thioether (sulfide) groups is 1. The lowest BCUT2D eigenvalue weighted by Crippen LogP contribution is -2.14. The van der Waals surface area contributed by atoms with Gasteiger partial charge in [0, 0.05) is 10.0 Å². The van der Waals surface area contributed by atoms with Crippen molar-refractivity contribution < 1.29 is 13.6 Å². The summed E-state index contributed by atoms with van der Waals surface area (Å²) in [6.07, 6.45) is 1.61. The fraction of sp³-hybridized carbons (Fsp3) is 0.0588. The Morgan fingerprint density at radius 3 is 2.88 bits per heavy atom. The molecule has 7 heteroatoms. The van der Waals surface area contributed by atoms with Crippen molar-refractivity contribution >= 4 is 39.3 Å². The van der Waals surface area contributed by atoms with Crippen LogP contribution in [0.1, 0.15) is 0 Å². The van der Waals surface area contributed by atoms with E-state index in [4.69, 9.17) is 4.42 Å². The highest BCUT2D eigenvalue weighted by Gasteiger charge is 2.11. The number of oxazole rings is 1. The average molecular weight is 407 g/mol. The number of anilines is 1. The summed E-state index contributed by atoms with van der Waals surface area (Å²) in [5.74, 6) is -0.100. The maximum absolute atomic E-state index is 13.5. The van der Waals surface area contributed by atoms with Crippen LogP contribution in [0.2, 0.25) is 0 Å². The molecule has 0 saturated heterocycles. The summed E-state index contributed by atoms with van der Waals surface area (Å²) >= 11 is 4.55. The van der Waals surface area contributed by atoms with E-state index in [2.05, 4.69) is 26.2 Å². The number of nitrogens with zero attached hydrogens (tertiary/aromatic N) is 1. The van der Waals surface area contributed by atoms with E-state index in [1.807, 2.05) is 24.3 Å². The van der Waals surface area contributed by atoms with Crippen LogP contribution in [0.25, 0.3) is 11.3 Å². The molecule has 4 nitrogen and oxygen atoms in total. The summed E-state index contributed by atoms with van der Waals surface area (Å²) in [5, 5.41) is 2.90. The van der Waals surface area contributed by atoms with Gasteiger partial charge in [-0.15, -0.1) is 0 Å². The monoisotopic (exact) mass is 406 g/mol. The van der Waals surface area contributed by atoms with Crippen LogP contribution in [0.5, 0.6) is 0 Å².